The molecule has 0 amide bonds. The molecule has 0 fully saturated rings. The monoisotopic (exact) mass is 336 g/mol. The van der Waals surface area contributed by atoms with Gasteiger partial charge in [-0.15, -0.1) is 11.3 Å². The molecule has 0 aliphatic carbocycles. The molecule has 0 unspecified atom stereocenters. The summed E-state index contributed by atoms with van der Waals surface area (Å²) < 4.78 is 7.84. The van der Waals surface area contributed by atoms with E-state index in [1.807, 2.05) is 47.6 Å². The molecule has 0 bridgehead atoms. The second kappa shape index (κ2) is 6.41. The van der Waals surface area contributed by atoms with Crippen molar-refractivity contribution in [2.45, 2.75) is 13.0 Å². The van der Waals surface area contributed by atoms with Gasteiger partial charge in [-0.1, -0.05) is 12.1 Å². The van der Waals surface area contributed by atoms with Crippen LogP contribution in [0.4, 0.5) is 0 Å². The first-order valence-electron chi connectivity index (χ1n) is 7.65. The predicted molar refractivity (Wildman–Crippen MR) is 94.2 cm³/mol. The Labute approximate surface area is 143 Å². The van der Waals surface area contributed by atoms with Crippen LogP contribution in [0.2, 0.25) is 0 Å². The van der Waals surface area contributed by atoms with Gasteiger partial charge < -0.3 is 9.30 Å². The van der Waals surface area contributed by atoms with E-state index in [1.54, 1.807) is 17.5 Å². The normalized spacial score (nSPS) is 11.0. The van der Waals surface area contributed by atoms with Crippen LogP contribution >= 0.6 is 11.3 Å². The predicted octanol–water partition coefficient (Wildman–Crippen LogP) is 3.59. The second-order valence-corrected chi connectivity index (χ2v) is 6.48. The van der Waals surface area contributed by atoms with Crippen molar-refractivity contribution in [2.75, 3.05) is 0 Å². The van der Waals surface area contributed by atoms with E-state index in [2.05, 4.69) is 27.1 Å². The summed E-state index contributed by atoms with van der Waals surface area (Å²) >= 11 is 1.67. The third-order valence-corrected chi connectivity index (χ3v) is 4.65. The van der Waals surface area contributed by atoms with Crippen LogP contribution in [0, 0.1) is 0 Å². The summed E-state index contributed by atoms with van der Waals surface area (Å²) in [5, 5.41) is 0. The van der Waals surface area contributed by atoms with Crippen molar-refractivity contribution in [3.05, 3.63) is 70.6 Å². The van der Waals surface area contributed by atoms with Gasteiger partial charge in [0, 0.05) is 30.7 Å². The van der Waals surface area contributed by atoms with Gasteiger partial charge in [-0.2, -0.15) is 0 Å². The highest BCUT2D eigenvalue weighted by molar-refractivity contribution is 7.09. The Balaban J connectivity index is 1.44. The first-order valence-corrected chi connectivity index (χ1v) is 8.53. The number of aromatic nitrogens is 4. The maximum absolute atomic E-state index is 5.87. The molecule has 4 aromatic rings. The lowest BCUT2D eigenvalue weighted by molar-refractivity contribution is 0.292. The zero-order chi connectivity index (χ0) is 16.4. The largest absolute Gasteiger partial charge is 0.486 e. The summed E-state index contributed by atoms with van der Waals surface area (Å²) in [4.78, 5) is 14.3. The van der Waals surface area contributed by atoms with Crippen LogP contribution in [0.5, 0.6) is 5.75 Å². The van der Waals surface area contributed by atoms with Crippen LogP contribution in [0.15, 0.2) is 54.3 Å². The van der Waals surface area contributed by atoms with E-state index in [1.165, 1.54) is 10.4 Å². The average Bonchev–Trinajstić information content (AvgIpc) is 3.23. The van der Waals surface area contributed by atoms with Gasteiger partial charge in [-0.25, -0.2) is 9.97 Å². The lowest BCUT2D eigenvalue weighted by Crippen LogP contribution is -2.03. The molecule has 3 aromatic heterocycles. The summed E-state index contributed by atoms with van der Waals surface area (Å²) in [5.74, 6) is 1.69. The van der Waals surface area contributed by atoms with Gasteiger partial charge in [0.05, 0.1) is 5.51 Å². The van der Waals surface area contributed by atoms with Crippen LogP contribution in [0.3, 0.4) is 0 Å². The second-order valence-electron chi connectivity index (χ2n) is 5.51. The van der Waals surface area contributed by atoms with Crippen molar-refractivity contribution in [2.24, 2.45) is 7.05 Å². The zero-order valence-electron chi connectivity index (χ0n) is 13.2. The first kappa shape index (κ1) is 14.8. The molecule has 0 saturated carbocycles. The van der Waals surface area contributed by atoms with E-state index in [0.29, 0.717) is 6.61 Å². The van der Waals surface area contributed by atoms with Crippen LogP contribution < -0.4 is 4.74 Å². The molecule has 6 heteroatoms. The van der Waals surface area contributed by atoms with E-state index >= 15 is 0 Å². The average molecular weight is 336 g/mol. The fourth-order valence-corrected chi connectivity index (χ4v) is 3.21. The molecule has 120 valence electrons. The maximum Gasteiger partial charge on any atom is 0.159 e. The molecule has 0 atom stereocenters. The van der Waals surface area contributed by atoms with Crippen LogP contribution in [-0.4, -0.2) is 19.5 Å². The molecule has 5 nitrogen and oxygen atoms in total. The van der Waals surface area contributed by atoms with Crippen LogP contribution in [0.1, 0.15) is 16.3 Å². The van der Waals surface area contributed by atoms with Gasteiger partial charge in [0.2, 0.25) is 0 Å². The molecule has 1 aromatic carbocycles. The number of benzene rings is 1. The zero-order valence-corrected chi connectivity index (χ0v) is 14.0. The van der Waals surface area contributed by atoms with E-state index in [-0.39, 0.29) is 0 Å². The number of rotatable bonds is 5. The number of aryl methyl sites for hydroxylation is 1. The molecule has 3 heterocycles. The van der Waals surface area contributed by atoms with Gasteiger partial charge in [0.15, 0.2) is 5.65 Å². The lowest BCUT2D eigenvalue weighted by Gasteiger charge is -2.07. The number of pyridine rings is 1. The quantitative estimate of drug-likeness (QED) is 0.559. The fraction of sp³-hybridized carbons (Fsp3) is 0.167. The Morgan fingerprint density at radius 2 is 2.04 bits per heavy atom. The molecular weight excluding hydrogens is 320 g/mol. The number of thiazole rings is 1. The minimum absolute atomic E-state index is 0.418. The molecule has 4 rings (SSSR count). The molecule has 0 N–H and O–H groups in total. The Morgan fingerprint density at radius 3 is 2.79 bits per heavy atom. The van der Waals surface area contributed by atoms with Crippen molar-refractivity contribution in [1.29, 1.82) is 0 Å². The maximum atomic E-state index is 5.87. The van der Waals surface area contributed by atoms with Crippen molar-refractivity contribution in [3.8, 4) is 5.75 Å². The van der Waals surface area contributed by atoms with Crippen molar-refractivity contribution >= 4 is 22.5 Å². The highest BCUT2D eigenvalue weighted by atomic mass is 32.1. The SMILES string of the molecule is Cn1c(COc2ccc(Cc3cncs3)cc2)nc2cccnc21. The van der Waals surface area contributed by atoms with E-state index in [9.17, 15) is 0 Å². The van der Waals surface area contributed by atoms with E-state index < -0.39 is 0 Å². The molecule has 0 spiro atoms. The Bertz CT molecular complexity index is 945. The Hall–Kier alpha value is -2.73. The van der Waals surface area contributed by atoms with Crippen molar-refractivity contribution < 1.29 is 4.74 Å². The topological polar surface area (TPSA) is 52.8 Å². The summed E-state index contributed by atoms with van der Waals surface area (Å²) in [5.41, 5.74) is 4.87. The number of imidazole rings is 1. The molecule has 0 aliphatic rings. The van der Waals surface area contributed by atoms with Crippen molar-refractivity contribution in [1.82, 2.24) is 19.5 Å². The first-order chi connectivity index (χ1) is 11.8. The van der Waals surface area contributed by atoms with Gasteiger partial charge >= 0.3 is 0 Å². The minimum Gasteiger partial charge on any atom is -0.486 e. The van der Waals surface area contributed by atoms with Crippen LogP contribution in [0.25, 0.3) is 11.2 Å². The third kappa shape index (κ3) is 3.00. The van der Waals surface area contributed by atoms with Crippen LogP contribution in [-0.2, 0) is 20.1 Å². The van der Waals surface area contributed by atoms with E-state index in [0.717, 1.165) is 29.2 Å². The smallest absolute Gasteiger partial charge is 0.159 e. The standard InChI is InChI=1S/C18H16N4OS/c1-22-17(21-16-3-2-8-20-18(16)22)11-23-14-6-4-13(5-7-14)9-15-10-19-12-24-15/h2-8,10,12H,9,11H2,1H3. The van der Waals surface area contributed by atoms with E-state index in [4.69, 9.17) is 4.74 Å². The summed E-state index contributed by atoms with van der Waals surface area (Å²) in [6.07, 6.45) is 4.59. The lowest BCUT2D eigenvalue weighted by atomic mass is 10.1. The number of fused-ring (bicyclic) bond motifs is 1. The number of ether oxygens (including phenoxy) is 1. The summed E-state index contributed by atoms with van der Waals surface area (Å²) in [6, 6.07) is 12.0. The minimum atomic E-state index is 0.418. The molecule has 24 heavy (non-hydrogen) atoms. The third-order valence-electron chi connectivity index (χ3n) is 3.87. The van der Waals surface area contributed by atoms with Gasteiger partial charge in [0.1, 0.15) is 23.7 Å². The Morgan fingerprint density at radius 1 is 1.17 bits per heavy atom. The fourth-order valence-electron chi connectivity index (χ4n) is 2.58. The molecule has 0 saturated heterocycles. The summed E-state index contributed by atoms with van der Waals surface area (Å²) in [6.45, 7) is 0.418. The Kier molecular flexibility index (Phi) is 3.96. The highest BCUT2D eigenvalue weighted by Gasteiger charge is 2.08. The molecule has 0 radical (unpaired) electrons. The van der Waals surface area contributed by atoms with Gasteiger partial charge in [-0.05, 0) is 29.8 Å². The molecule has 0 aliphatic heterocycles. The number of hydrogen-bond donors (Lipinski definition) is 0. The van der Waals surface area contributed by atoms with Crippen molar-refractivity contribution in [3.63, 3.8) is 0 Å². The van der Waals surface area contributed by atoms with Gasteiger partial charge in [-0.3, -0.25) is 4.98 Å². The van der Waals surface area contributed by atoms with Gasteiger partial charge in [0.25, 0.3) is 0 Å². The number of hydrogen-bond acceptors (Lipinski definition) is 5. The highest BCUT2D eigenvalue weighted by Crippen LogP contribution is 2.19. The summed E-state index contributed by atoms with van der Waals surface area (Å²) in [7, 11) is 1.96. The molecular formula is C18H16N4OS. The number of nitrogens with zero attached hydrogens (tertiary/aromatic N) is 4.